The van der Waals surface area contributed by atoms with Crippen LogP contribution in [0.25, 0.3) is 0 Å². The van der Waals surface area contributed by atoms with Gasteiger partial charge in [-0.25, -0.2) is 8.42 Å². The molecule has 0 atom stereocenters. The molecular weight excluding hydrogens is 357 g/mol. The molecular formula is C13H14Cl3NO3S. The highest BCUT2D eigenvalue weighted by Gasteiger charge is 2.24. The molecule has 0 unspecified atom stereocenters. The van der Waals surface area contributed by atoms with Gasteiger partial charge in [0.1, 0.15) is 4.90 Å². The number of rotatable bonds is 4. The van der Waals surface area contributed by atoms with Crippen molar-refractivity contribution in [3.05, 3.63) is 27.7 Å². The van der Waals surface area contributed by atoms with E-state index in [9.17, 15) is 13.2 Å². The number of hydrogen-bond donors (Lipinski definition) is 1. The van der Waals surface area contributed by atoms with Gasteiger partial charge in [0, 0.05) is 17.2 Å². The number of hydrogen-bond acceptors (Lipinski definition) is 3. The summed E-state index contributed by atoms with van der Waals surface area (Å²) in [6.07, 6.45) is 4.50. The molecule has 0 aromatic heterocycles. The minimum Gasteiger partial charge on any atom is -0.352 e. The van der Waals surface area contributed by atoms with E-state index in [1.54, 1.807) is 0 Å². The summed E-state index contributed by atoms with van der Waals surface area (Å²) in [5.41, 5.74) is -0.0574. The fourth-order valence-corrected chi connectivity index (χ4v) is 4.37. The highest BCUT2D eigenvalue weighted by atomic mass is 35.7. The number of carbonyl (C=O) groups excluding carboxylic acids is 1. The summed E-state index contributed by atoms with van der Waals surface area (Å²) in [5, 5.41) is 2.60. The van der Waals surface area contributed by atoms with Gasteiger partial charge in [-0.1, -0.05) is 36.0 Å². The third kappa shape index (κ3) is 4.03. The van der Waals surface area contributed by atoms with Gasteiger partial charge in [0.25, 0.3) is 15.0 Å². The van der Waals surface area contributed by atoms with E-state index in [0.717, 1.165) is 12.8 Å². The maximum absolute atomic E-state index is 12.2. The van der Waals surface area contributed by atoms with Gasteiger partial charge in [-0.05, 0) is 30.9 Å². The molecule has 0 aliphatic heterocycles. The molecule has 0 heterocycles. The van der Waals surface area contributed by atoms with E-state index in [2.05, 4.69) is 5.32 Å². The predicted octanol–water partition coefficient (Wildman–Crippen LogP) is 3.84. The lowest BCUT2D eigenvalue weighted by atomic mass is 10.1. The van der Waals surface area contributed by atoms with Gasteiger partial charge in [0.15, 0.2) is 0 Å². The first-order chi connectivity index (χ1) is 9.80. The molecule has 1 amide bonds. The molecule has 8 heteroatoms. The van der Waals surface area contributed by atoms with Gasteiger partial charge in [-0.3, -0.25) is 4.79 Å². The fraction of sp³-hybridized carbons (Fsp3) is 0.462. The summed E-state index contributed by atoms with van der Waals surface area (Å²) < 4.78 is 22.8. The summed E-state index contributed by atoms with van der Waals surface area (Å²) in [4.78, 5) is 11.9. The van der Waals surface area contributed by atoms with E-state index in [0.29, 0.717) is 12.5 Å². The zero-order valence-electron chi connectivity index (χ0n) is 11.0. The molecule has 0 spiro atoms. The van der Waals surface area contributed by atoms with E-state index < -0.39 is 15.0 Å². The van der Waals surface area contributed by atoms with Crippen LogP contribution in [0.2, 0.25) is 10.0 Å². The number of carbonyl (C=O) groups is 1. The Morgan fingerprint density at radius 3 is 2.43 bits per heavy atom. The number of nitrogens with one attached hydrogen (secondary N) is 1. The molecule has 1 fully saturated rings. The van der Waals surface area contributed by atoms with Crippen LogP contribution in [0.5, 0.6) is 0 Å². The molecule has 1 aliphatic rings. The van der Waals surface area contributed by atoms with Gasteiger partial charge in [-0.2, -0.15) is 0 Å². The maximum Gasteiger partial charge on any atom is 0.262 e. The third-order valence-electron chi connectivity index (χ3n) is 3.57. The first-order valence-electron chi connectivity index (χ1n) is 6.51. The molecule has 0 saturated heterocycles. The first-order valence-corrected chi connectivity index (χ1v) is 9.58. The van der Waals surface area contributed by atoms with Crippen molar-refractivity contribution in [3.63, 3.8) is 0 Å². The largest absolute Gasteiger partial charge is 0.352 e. The first kappa shape index (κ1) is 16.9. The smallest absolute Gasteiger partial charge is 0.262 e. The van der Waals surface area contributed by atoms with Crippen LogP contribution in [0.3, 0.4) is 0 Å². The van der Waals surface area contributed by atoms with Crippen molar-refractivity contribution >= 4 is 48.8 Å². The molecule has 1 saturated carbocycles. The highest BCUT2D eigenvalue weighted by Crippen LogP contribution is 2.33. The van der Waals surface area contributed by atoms with E-state index >= 15 is 0 Å². The number of benzene rings is 1. The second kappa shape index (κ2) is 6.73. The van der Waals surface area contributed by atoms with Crippen molar-refractivity contribution in [2.24, 2.45) is 5.92 Å². The van der Waals surface area contributed by atoms with Crippen LogP contribution in [0.4, 0.5) is 0 Å². The lowest BCUT2D eigenvalue weighted by Gasteiger charge is -2.13. The van der Waals surface area contributed by atoms with Crippen molar-refractivity contribution in [2.75, 3.05) is 6.54 Å². The van der Waals surface area contributed by atoms with Gasteiger partial charge in [0.05, 0.1) is 15.6 Å². The normalized spacial score (nSPS) is 16.1. The molecule has 1 aromatic carbocycles. The SMILES string of the molecule is O=C(NCC1CCCC1)c1c(Cl)ccc(S(=O)(=O)Cl)c1Cl. The lowest BCUT2D eigenvalue weighted by Crippen LogP contribution is -2.29. The molecule has 1 aliphatic carbocycles. The second-order valence-electron chi connectivity index (χ2n) is 5.03. The fourth-order valence-electron chi connectivity index (χ4n) is 2.47. The zero-order valence-corrected chi connectivity index (χ0v) is 14.1. The van der Waals surface area contributed by atoms with Crippen molar-refractivity contribution < 1.29 is 13.2 Å². The Kier molecular flexibility index (Phi) is 5.41. The zero-order chi connectivity index (χ0) is 15.6. The standard InChI is InChI=1S/C13H14Cl3NO3S/c14-9-5-6-10(21(16,19)20)12(15)11(9)13(18)17-7-8-3-1-2-4-8/h5-6,8H,1-4,7H2,(H,17,18). The quantitative estimate of drug-likeness (QED) is 0.819. The molecule has 1 aromatic rings. The van der Waals surface area contributed by atoms with Crippen LogP contribution in [-0.2, 0) is 9.05 Å². The Balaban J connectivity index is 2.23. The average Bonchev–Trinajstić information content (AvgIpc) is 2.87. The number of halogens is 3. The van der Waals surface area contributed by atoms with Crippen molar-refractivity contribution in [3.8, 4) is 0 Å². The van der Waals surface area contributed by atoms with Crippen molar-refractivity contribution in [1.29, 1.82) is 0 Å². The van der Waals surface area contributed by atoms with Crippen LogP contribution in [-0.4, -0.2) is 20.9 Å². The Hall–Kier alpha value is -0.490. The summed E-state index contributed by atoms with van der Waals surface area (Å²) in [6.45, 7) is 0.531. The summed E-state index contributed by atoms with van der Waals surface area (Å²) in [6, 6.07) is 2.48. The Morgan fingerprint density at radius 2 is 1.86 bits per heavy atom. The topological polar surface area (TPSA) is 63.2 Å². The summed E-state index contributed by atoms with van der Waals surface area (Å²) in [5.74, 6) is -0.0366. The molecule has 116 valence electrons. The van der Waals surface area contributed by atoms with E-state index in [-0.39, 0.29) is 20.5 Å². The predicted molar refractivity (Wildman–Crippen MR) is 83.8 cm³/mol. The molecule has 1 N–H and O–H groups in total. The third-order valence-corrected chi connectivity index (χ3v) is 5.76. The molecule has 21 heavy (non-hydrogen) atoms. The molecule has 2 rings (SSSR count). The Morgan fingerprint density at radius 1 is 1.24 bits per heavy atom. The average molecular weight is 371 g/mol. The highest BCUT2D eigenvalue weighted by molar-refractivity contribution is 8.13. The molecule has 4 nitrogen and oxygen atoms in total. The lowest BCUT2D eigenvalue weighted by molar-refractivity contribution is 0.0947. The molecule has 0 bridgehead atoms. The maximum atomic E-state index is 12.2. The van der Waals surface area contributed by atoms with E-state index in [1.165, 1.54) is 25.0 Å². The van der Waals surface area contributed by atoms with Gasteiger partial charge >= 0.3 is 0 Å². The molecule has 0 radical (unpaired) electrons. The van der Waals surface area contributed by atoms with Gasteiger partial charge < -0.3 is 5.32 Å². The van der Waals surface area contributed by atoms with Gasteiger partial charge in [0.2, 0.25) is 0 Å². The van der Waals surface area contributed by atoms with Crippen LogP contribution in [0.1, 0.15) is 36.0 Å². The van der Waals surface area contributed by atoms with Crippen LogP contribution < -0.4 is 5.32 Å². The number of amides is 1. The Bertz CT molecular complexity index is 655. The summed E-state index contributed by atoms with van der Waals surface area (Å²) >= 11 is 11.9. The Labute approximate surface area is 138 Å². The van der Waals surface area contributed by atoms with E-state index in [1.807, 2.05) is 0 Å². The van der Waals surface area contributed by atoms with Gasteiger partial charge in [-0.15, -0.1) is 0 Å². The minimum absolute atomic E-state index is 0.0574. The second-order valence-corrected chi connectivity index (χ2v) is 8.35. The minimum atomic E-state index is -4.04. The van der Waals surface area contributed by atoms with E-state index in [4.69, 9.17) is 33.9 Å². The van der Waals surface area contributed by atoms with Crippen molar-refractivity contribution in [2.45, 2.75) is 30.6 Å². The summed E-state index contributed by atoms with van der Waals surface area (Å²) in [7, 11) is 1.25. The van der Waals surface area contributed by atoms with Crippen LogP contribution in [0.15, 0.2) is 17.0 Å². The van der Waals surface area contributed by atoms with Crippen LogP contribution in [0, 0.1) is 5.92 Å². The monoisotopic (exact) mass is 369 g/mol. The van der Waals surface area contributed by atoms with Crippen LogP contribution >= 0.6 is 33.9 Å². The van der Waals surface area contributed by atoms with Crippen molar-refractivity contribution in [1.82, 2.24) is 5.32 Å².